The average Bonchev–Trinajstić information content (AvgIpc) is 3.18. The number of carbonyl (C=O) groups is 1. The number of alkyl halides is 3. The van der Waals surface area contributed by atoms with Gasteiger partial charge >= 0.3 is 6.18 Å². The first-order chi connectivity index (χ1) is 15.6. The zero-order chi connectivity index (χ0) is 24.0. The van der Waals surface area contributed by atoms with Gasteiger partial charge in [0.1, 0.15) is 0 Å². The molecule has 0 aromatic heterocycles. The van der Waals surface area contributed by atoms with E-state index < -0.39 is 18.2 Å². The van der Waals surface area contributed by atoms with Crippen molar-refractivity contribution in [1.82, 2.24) is 4.90 Å². The van der Waals surface area contributed by atoms with E-state index in [9.17, 15) is 18.0 Å². The minimum Gasteiger partial charge on any atom is -0.374 e. The summed E-state index contributed by atoms with van der Waals surface area (Å²) in [4.78, 5) is 18.7. The zero-order valence-corrected chi connectivity index (χ0v) is 20.3. The van der Waals surface area contributed by atoms with E-state index in [-0.39, 0.29) is 38.2 Å². The van der Waals surface area contributed by atoms with E-state index in [1.54, 1.807) is 17.0 Å². The minimum absolute atomic E-state index is 0.0288. The van der Waals surface area contributed by atoms with Crippen LogP contribution < -0.4 is 0 Å². The number of nitrogens with zero attached hydrogens (tertiary/aromatic N) is 2. The van der Waals surface area contributed by atoms with Crippen LogP contribution in [0, 0.1) is 0 Å². The minimum atomic E-state index is -4.78. The van der Waals surface area contributed by atoms with Gasteiger partial charge in [-0.05, 0) is 29.5 Å². The average molecular weight is 538 g/mol. The summed E-state index contributed by atoms with van der Waals surface area (Å²) in [7, 11) is 0. The van der Waals surface area contributed by atoms with Gasteiger partial charge in [-0.25, -0.2) is 0 Å². The van der Waals surface area contributed by atoms with Gasteiger partial charge < -0.3 is 9.74 Å². The lowest BCUT2D eigenvalue weighted by Gasteiger charge is -2.39. The third kappa shape index (κ3) is 4.55. The smallest absolute Gasteiger partial charge is 0.374 e. The van der Waals surface area contributed by atoms with E-state index in [0.29, 0.717) is 24.4 Å². The number of thioether (sulfide) groups is 1. The van der Waals surface area contributed by atoms with Crippen molar-refractivity contribution in [2.24, 2.45) is 5.16 Å². The Labute approximate surface area is 208 Å². The molecule has 4 rings (SSSR count). The molecule has 2 aliphatic rings. The van der Waals surface area contributed by atoms with Gasteiger partial charge in [0, 0.05) is 31.0 Å². The van der Waals surface area contributed by atoms with Crippen LogP contribution in [0.4, 0.5) is 13.2 Å². The highest BCUT2D eigenvalue weighted by molar-refractivity contribution is 7.99. The van der Waals surface area contributed by atoms with E-state index in [1.165, 1.54) is 11.8 Å². The molecule has 0 radical (unpaired) electrons. The Bertz CT molecular complexity index is 1080. The molecule has 0 bridgehead atoms. The van der Waals surface area contributed by atoms with Crippen molar-refractivity contribution in [3.05, 3.63) is 68.2 Å². The molecule has 1 unspecified atom stereocenters. The van der Waals surface area contributed by atoms with Crippen LogP contribution in [0.3, 0.4) is 0 Å². The predicted molar refractivity (Wildman–Crippen MR) is 126 cm³/mol. The normalized spacial score (nSPS) is 20.9. The van der Waals surface area contributed by atoms with Crippen LogP contribution in [0.2, 0.25) is 15.1 Å². The van der Waals surface area contributed by atoms with Crippen LogP contribution in [0.25, 0.3) is 0 Å². The summed E-state index contributed by atoms with van der Waals surface area (Å²) in [6, 6.07) is 9.35. The molecule has 1 atom stereocenters. The van der Waals surface area contributed by atoms with Gasteiger partial charge in [0.2, 0.25) is 5.91 Å². The van der Waals surface area contributed by atoms with Gasteiger partial charge in [-0.1, -0.05) is 64.2 Å². The molecule has 33 heavy (non-hydrogen) atoms. The summed E-state index contributed by atoms with van der Waals surface area (Å²) in [6.07, 6.45) is -3.44. The molecule has 2 aromatic rings. The van der Waals surface area contributed by atoms with E-state index >= 15 is 0 Å². The van der Waals surface area contributed by atoms with Crippen LogP contribution in [-0.2, 0) is 15.2 Å². The quantitative estimate of drug-likeness (QED) is 0.408. The molecular formula is C22H18Cl3F3N2O2S. The maximum absolute atomic E-state index is 14.2. The second-order valence-electron chi connectivity index (χ2n) is 7.94. The summed E-state index contributed by atoms with van der Waals surface area (Å²) >= 11 is 19.3. The molecule has 0 N–H and O–H groups in total. The number of halogens is 6. The molecule has 2 aliphatic heterocycles. The molecule has 0 aliphatic carbocycles. The summed E-state index contributed by atoms with van der Waals surface area (Å²) in [5.74, 6) is 0.772. The fourth-order valence-electron chi connectivity index (χ4n) is 3.90. The third-order valence-corrected chi connectivity index (χ3v) is 7.59. The van der Waals surface area contributed by atoms with Crippen LogP contribution in [0.5, 0.6) is 0 Å². The second-order valence-corrected chi connectivity index (χ2v) is 9.99. The second kappa shape index (κ2) is 9.21. The highest BCUT2D eigenvalue weighted by Gasteiger charge is 2.62. The van der Waals surface area contributed by atoms with Crippen LogP contribution in [0.1, 0.15) is 29.0 Å². The van der Waals surface area contributed by atoms with Gasteiger partial charge in [-0.3, -0.25) is 4.79 Å². The molecule has 1 saturated heterocycles. The number of carbonyl (C=O) groups excluding carboxylic acids is 1. The van der Waals surface area contributed by atoms with Gasteiger partial charge in [-0.15, -0.1) is 0 Å². The summed E-state index contributed by atoms with van der Waals surface area (Å²) in [5, 5.41) is 3.54. The highest BCUT2D eigenvalue weighted by Crippen LogP contribution is 2.50. The molecule has 0 saturated carbocycles. The van der Waals surface area contributed by atoms with Crippen molar-refractivity contribution in [3.63, 3.8) is 0 Å². The molecule has 11 heteroatoms. The SMILES string of the molecule is CSCC(=O)N1CC(c2ccc(C3=NOC(c4cc(Cl)c(Cl)c(Cl)c4)(C(F)(F)F)C3)cc2)C1. The Morgan fingerprint density at radius 2 is 1.79 bits per heavy atom. The van der Waals surface area contributed by atoms with Crippen molar-refractivity contribution in [2.75, 3.05) is 25.1 Å². The van der Waals surface area contributed by atoms with Crippen LogP contribution >= 0.6 is 46.6 Å². The first kappa shape index (κ1) is 24.5. The Morgan fingerprint density at radius 3 is 2.33 bits per heavy atom. The lowest BCUT2D eigenvalue weighted by Crippen LogP contribution is -2.49. The molecule has 4 nitrogen and oxygen atoms in total. The molecule has 0 spiro atoms. The first-order valence-corrected chi connectivity index (χ1v) is 12.4. The largest absolute Gasteiger partial charge is 0.435 e. The summed E-state index contributed by atoms with van der Waals surface area (Å²) in [6.45, 7) is 1.27. The number of benzene rings is 2. The van der Waals surface area contributed by atoms with E-state index in [2.05, 4.69) is 5.16 Å². The number of hydrogen-bond donors (Lipinski definition) is 0. The lowest BCUT2D eigenvalue weighted by molar-refractivity contribution is -0.275. The molecular weight excluding hydrogens is 520 g/mol. The summed E-state index contributed by atoms with van der Waals surface area (Å²) in [5.41, 5.74) is -1.29. The Morgan fingerprint density at radius 1 is 1.18 bits per heavy atom. The standard InChI is InChI=1S/C22H18Cl3F3N2O2S/c1-33-11-19(31)30-9-14(10-30)12-2-4-13(5-3-12)18-8-21(32-29-18,22(26,27)28)15-6-16(23)20(25)17(24)7-15/h2-7,14H,8-11H2,1H3. The van der Waals surface area contributed by atoms with Crippen molar-refractivity contribution in [1.29, 1.82) is 0 Å². The van der Waals surface area contributed by atoms with Crippen molar-refractivity contribution in [3.8, 4) is 0 Å². The predicted octanol–water partition coefficient (Wildman–Crippen LogP) is 6.52. The molecule has 1 amide bonds. The number of oxime groups is 1. The van der Waals surface area contributed by atoms with Crippen molar-refractivity contribution >= 4 is 58.2 Å². The lowest BCUT2D eigenvalue weighted by atomic mass is 9.85. The van der Waals surface area contributed by atoms with Gasteiger partial charge in [0.05, 0.1) is 26.5 Å². The summed E-state index contributed by atoms with van der Waals surface area (Å²) < 4.78 is 42.6. The van der Waals surface area contributed by atoms with Crippen molar-refractivity contribution < 1.29 is 22.8 Å². The molecule has 2 heterocycles. The number of amides is 1. The third-order valence-electron chi connectivity index (χ3n) is 5.85. The monoisotopic (exact) mass is 536 g/mol. The molecule has 176 valence electrons. The van der Waals surface area contributed by atoms with Gasteiger partial charge in [0.25, 0.3) is 5.60 Å². The number of rotatable bonds is 5. The van der Waals surface area contributed by atoms with E-state index in [1.807, 2.05) is 18.4 Å². The van der Waals surface area contributed by atoms with Crippen LogP contribution in [-0.4, -0.2) is 47.8 Å². The Balaban J connectivity index is 1.52. The Kier molecular flexibility index (Phi) is 6.84. The maximum Gasteiger partial charge on any atom is 0.435 e. The Hall–Kier alpha value is -1.61. The molecule has 1 fully saturated rings. The van der Waals surface area contributed by atoms with Crippen molar-refractivity contribution in [2.45, 2.75) is 24.1 Å². The van der Waals surface area contributed by atoms with Crippen LogP contribution in [0.15, 0.2) is 41.6 Å². The van der Waals surface area contributed by atoms with Gasteiger partial charge in [0.15, 0.2) is 0 Å². The van der Waals surface area contributed by atoms with E-state index in [0.717, 1.165) is 17.7 Å². The highest BCUT2D eigenvalue weighted by atomic mass is 35.5. The number of hydrogen-bond acceptors (Lipinski definition) is 4. The first-order valence-electron chi connectivity index (χ1n) is 9.89. The topological polar surface area (TPSA) is 41.9 Å². The maximum atomic E-state index is 14.2. The fourth-order valence-corrected chi connectivity index (χ4v) is 4.93. The van der Waals surface area contributed by atoms with Gasteiger partial charge in [-0.2, -0.15) is 24.9 Å². The zero-order valence-electron chi connectivity index (χ0n) is 17.3. The fraction of sp³-hybridized carbons (Fsp3) is 0.364. The number of likely N-dealkylation sites (tertiary alicyclic amines) is 1. The molecule has 2 aromatic carbocycles. The van der Waals surface area contributed by atoms with E-state index in [4.69, 9.17) is 39.6 Å².